The Morgan fingerprint density at radius 3 is 2.06 bits per heavy atom. The maximum absolute atomic E-state index is 12.6. The molecule has 2 N–H and O–H groups in total. The fourth-order valence-corrected chi connectivity index (χ4v) is 3.99. The Kier molecular flexibility index (Phi) is 6.07. The second-order valence-electron chi connectivity index (χ2n) is 7.14. The Balaban J connectivity index is 1.73. The minimum atomic E-state index is -3.79. The number of anilines is 2. The van der Waals surface area contributed by atoms with Crippen LogP contribution in [0.2, 0.25) is 0 Å². The number of sulfonamides is 1. The van der Waals surface area contributed by atoms with Gasteiger partial charge in [0.2, 0.25) is 0 Å². The molecule has 3 aromatic carbocycles. The van der Waals surface area contributed by atoms with Crippen molar-refractivity contribution in [2.24, 2.45) is 0 Å². The fourth-order valence-electron chi connectivity index (χ4n) is 2.94. The van der Waals surface area contributed by atoms with E-state index in [1.807, 2.05) is 19.9 Å². The predicted molar refractivity (Wildman–Crippen MR) is 119 cm³/mol. The van der Waals surface area contributed by atoms with E-state index in [0.717, 1.165) is 11.1 Å². The quantitative estimate of drug-likeness (QED) is 0.431. The van der Waals surface area contributed by atoms with E-state index in [2.05, 4.69) is 10.0 Å². The van der Waals surface area contributed by atoms with Gasteiger partial charge in [-0.15, -0.1) is 0 Å². The van der Waals surface area contributed by atoms with Gasteiger partial charge in [0.15, 0.2) is 0 Å². The van der Waals surface area contributed by atoms with E-state index >= 15 is 0 Å². The Morgan fingerprint density at radius 1 is 0.839 bits per heavy atom. The number of rotatable bonds is 6. The molecule has 0 bridgehead atoms. The molecule has 0 aromatic heterocycles. The van der Waals surface area contributed by atoms with Gasteiger partial charge in [-0.3, -0.25) is 19.6 Å². The Hall–Kier alpha value is -3.72. The highest BCUT2D eigenvalue weighted by Crippen LogP contribution is 2.22. The molecule has 1 amide bonds. The molecule has 0 aliphatic rings. The van der Waals surface area contributed by atoms with Crippen molar-refractivity contribution in [3.63, 3.8) is 0 Å². The predicted octanol–water partition coefficient (Wildman–Crippen LogP) is 4.57. The van der Waals surface area contributed by atoms with E-state index in [1.54, 1.807) is 19.1 Å². The van der Waals surface area contributed by atoms with Crippen LogP contribution in [0.4, 0.5) is 17.1 Å². The normalized spacial score (nSPS) is 11.1. The molecule has 0 radical (unpaired) electrons. The number of carbonyl (C=O) groups excluding carboxylic acids is 1. The molecule has 0 saturated carbocycles. The van der Waals surface area contributed by atoms with Gasteiger partial charge in [0, 0.05) is 28.6 Å². The first-order valence-electron chi connectivity index (χ1n) is 9.33. The van der Waals surface area contributed by atoms with Crippen LogP contribution in [0.15, 0.2) is 65.6 Å². The van der Waals surface area contributed by atoms with Crippen LogP contribution in [0, 0.1) is 30.9 Å². The zero-order valence-corrected chi connectivity index (χ0v) is 18.0. The average Bonchev–Trinajstić information content (AvgIpc) is 2.70. The number of nitrogens with zero attached hydrogens (tertiary/aromatic N) is 1. The number of aryl methyl sites for hydroxylation is 3. The van der Waals surface area contributed by atoms with E-state index in [-0.39, 0.29) is 16.1 Å². The third-order valence-electron chi connectivity index (χ3n) is 4.84. The molecule has 31 heavy (non-hydrogen) atoms. The summed E-state index contributed by atoms with van der Waals surface area (Å²) in [6, 6.07) is 15.1. The van der Waals surface area contributed by atoms with Gasteiger partial charge in [0.05, 0.1) is 9.82 Å². The summed E-state index contributed by atoms with van der Waals surface area (Å²) in [7, 11) is -3.79. The van der Waals surface area contributed by atoms with E-state index < -0.39 is 20.9 Å². The third-order valence-corrected chi connectivity index (χ3v) is 6.23. The van der Waals surface area contributed by atoms with Crippen molar-refractivity contribution in [3.8, 4) is 0 Å². The number of carbonyl (C=O) groups is 1. The van der Waals surface area contributed by atoms with Crippen molar-refractivity contribution >= 4 is 33.0 Å². The molecule has 0 aliphatic heterocycles. The van der Waals surface area contributed by atoms with Crippen molar-refractivity contribution in [2.45, 2.75) is 25.7 Å². The topological polar surface area (TPSA) is 118 Å². The van der Waals surface area contributed by atoms with Gasteiger partial charge in [0.25, 0.3) is 21.6 Å². The first kappa shape index (κ1) is 22.0. The van der Waals surface area contributed by atoms with E-state index in [1.165, 1.54) is 42.5 Å². The van der Waals surface area contributed by atoms with Crippen molar-refractivity contribution in [3.05, 3.63) is 93.0 Å². The summed E-state index contributed by atoms with van der Waals surface area (Å²) in [5.41, 5.74) is 3.46. The standard InChI is InChI=1S/C22H21N3O5S/c1-14-4-6-19(13-15(14)2)24-31(29,30)20-9-7-18(8-10-20)23-22(26)17-5-11-21(25(27)28)16(3)12-17/h4-13,24H,1-3H3,(H,23,26). The first-order valence-corrected chi connectivity index (χ1v) is 10.8. The van der Waals surface area contributed by atoms with Crippen molar-refractivity contribution < 1.29 is 18.1 Å². The minimum absolute atomic E-state index is 0.0508. The van der Waals surface area contributed by atoms with Gasteiger partial charge in [-0.2, -0.15) is 0 Å². The summed E-state index contributed by atoms with van der Waals surface area (Å²) in [6.07, 6.45) is 0. The zero-order chi connectivity index (χ0) is 22.8. The Morgan fingerprint density at radius 2 is 1.48 bits per heavy atom. The summed E-state index contributed by atoms with van der Waals surface area (Å²) in [5, 5.41) is 13.6. The Bertz CT molecular complexity index is 1270. The smallest absolute Gasteiger partial charge is 0.272 e. The summed E-state index contributed by atoms with van der Waals surface area (Å²) in [4.78, 5) is 22.9. The highest BCUT2D eigenvalue weighted by Gasteiger charge is 2.16. The lowest BCUT2D eigenvalue weighted by molar-refractivity contribution is -0.385. The number of benzene rings is 3. The van der Waals surface area contributed by atoms with E-state index in [4.69, 9.17) is 0 Å². The lowest BCUT2D eigenvalue weighted by atomic mass is 10.1. The van der Waals surface area contributed by atoms with Crippen LogP contribution in [-0.4, -0.2) is 19.2 Å². The van der Waals surface area contributed by atoms with Crippen molar-refractivity contribution in [1.29, 1.82) is 0 Å². The number of hydrogen-bond donors (Lipinski definition) is 2. The second-order valence-corrected chi connectivity index (χ2v) is 8.82. The van der Waals surface area contributed by atoms with Gasteiger partial charge in [-0.1, -0.05) is 6.07 Å². The summed E-state index contributed by atoms with van der Waals surface area (Å²) < 4.78 is 27.8. The molecular formula is C22H21N3O5S. The molecule has 0 spiro atoms. The van der Waals surface area contributed by atoms with Crippen LogP contribution in [0.3, 0.4) is 0 Å². The van der Waals surface area contributed by atoms with E-state index in [9.17, 15) is 23.3 Å². The molecule has 160 valence electrons. The molecule has 0 unspecified atom stereocenters. The van der Waals surface area contributed by atoms with Crippen LogP contribution >= 0.6 is 0 Å². The molecule has 3 rings (SSSR count). The van der Waals surface area contributed by atoms with Crippen LogP contribution in [0.5, 0.6) is 0 Å². The van der Waals surface area contributed by atoms with Crippen LogP contribution in [0.25, 0.3) is 0 Å². The van der Waals surface area contributed by atoms with Gasteiger partial charge >= 0.3 is 0 Å². The van der Waals surface area contributed by atoms with Crippen LogP contribution < -0.4 is 10.0 Å². The van der Waals surface area contributed by atoms with Crippen molar-refractivity contribution in [1.82, 2.24) is 0 Å². The van der Waals surface area contributed by atoms with Gasteiger partial charge in [0.1, 0.15) is 0 Å². The number of nitro benzene ring substituents is 1. The zero-order valence-electron chi connectivity index (χ0n) is 17.2. The van der Waals surface area contributed by atoms with Crippen LogP contribution in [-0.2, 0) is 10.0 Å². The maximum Gasteiger partial charge on any atom is 0.272 e. The number of nitro groups is 1. The summed E-state index contributed by atoms with van der Waals surface area (Å²) in [6.45, 7) is 5.40. The van der Waals surface area contributed by atoms with Gasteiger partial charge in [-0.25, -0.2) is 8.42 Å². The van der Waals surface area contributed by atoms with Crippen LogP contribution in [0.1, 0.15) is 27.0 Å². The molecule has 3 aromatic rings. The monoisotopic (exact) mass is 439 g/mol. The first-order chi connectivity index (χ1) is 14.6. The molecule has 9 heteroatoms. The average molecular weight is 439 g/mol. The summed E-state index contributed by atoms with van der Waals surface area (Å²) >= 11 is 0. The molecule has 8 nitrogen and oxygen atoms in total. The maximum atomic E-state index is 12.6. The molecule has 0 aliphatic carbocycles. The number of nitrogens with one attached hydrogen (secondary N) is 2. The number of hydrogen-bond acceptors (Lipinski definition) is 5. The Labute approximate surface area is 180 Å². The third kappa shape index (κ3) is 5.07. The SMILES string of the molecule is Cc1ccc(NS(=O)(=O)c2ccc(NC(=O)c3ccc([N+](=O)[O-])c(C)c3)cc2)cc1C. The molecule has 0 saturated heterocycles. The highest BCUT2D eigenvalue weighted by atomic mass is 32.2. The second kappa shape index (κ2) is 8.57. The molecule has 0 heterocycles. The molecule has 0 atom stereocenters. The lowest BCUT2D eigenvalue weighted by Gasteiger charge is -2.11. The minimum Gasteiger partial charge on any atom is -0.322 e. The van der Waals surface area contributed by atoms with E-state index in [0.29, 0.717) is 16.9 Å². The van der Waals surface area contributed by atoms with Gasteiger partial charge in [-0.05, 0) is 80.4 Å². The highest BCUT2D eigenvalue weighted by molar-refractivity contribution is 7.92. The number of amides is 1. The molecular weight excluding hydrogens is 418 g/mol. The molecule has 0 fully saturated rings. The largest absolute Gasteiger partial charge is 0.322 e. The van der Waals surface area contributed by atoms with Crippen molar-refractivity contribution in [2.75, 3.05) is 10.0 Å². The van der Waals surface area contributed by atoms with Gasteiger partial charge < -0.3 is 5.32 Å². The lowest BCUT2D eigenvalue weighted by Crippen LogP contribution is -2.14. The fraction of sp³-hybridized carbons (Fsp3) is 0.136. The summed E-state index contributed by atoms with van der Waals surface area (Å²) in [5.74, 6) is -0.457.